The van der Waals surface area contributed by atoms with Crippen LogP contribution in [-0.4, -0.2) is 55.6 Å². The lowest BCUT2D eigenvalue weighted by Crippen LogP contribution is -2.57. The average molecular weight is 585 g/mol. The van der Waals surface area contributed by atoms with E-state index in [4.69, 9.17) is 0 Å². The Morgan fingerprint density at radius 3 is 2.52 bits per heavy atom. The Kier molecular flexibility index (Phi) is 8.52. The molecule has 1 aromatic heterocycles. The Morgan fingerprint density at radius 2 is 1.97 bits per heavy atom. The number of amides is 2. The van der Waals surface area contributed by atoms with Gasteiger partial charge in [0.25, 0.3) is 0 Å². The average Bonchev–Trinajstić information content (AvgIpc) is 3.35. The van der Waals surface area contributed by atoms with Crippen LogP contribution in [0.2, 0.25) is 0 Å². The lowest BCUT2D eigenvalue weighted by molar-refractivity contribution is -0.142. The van der Waals surface area contributed by atoms with Crippen molar-refractivity contribution in [3.63, 3.8) is 0 Å². The summed E-state index contributed by atoms with van der Waals surface area (Å²) in [5.41, 5.74) is 4.58. The van der Waals surface area contributed by atoms with Crippen LogP contribution >= 0.6 is 33.9 Å². The van der Waals surface area contributed by atoms with Crippen LogP contribution in [0.4, 0.5) is 0 Å². The summed E-state index contributed by atoms with van der Waals surface area (Å²) in [5, 5.41) is 16.5. The lowest BCUT2D eigenvalue weighted by Gasteiger charge is -2.36. The van der Waals surface area contributed by atoms with E-state index in [1.165, 1.54) is 4.90 Å². The molecule has 1 fully saturated rings. The van der Waals surface area contributed by atoms with Crippen LogP contribution in [0.5, 0.6) is 0 Å². The molecular weight excluding hydrogens is 551 g/mol. The zero-order valence-corrected chi connectivity index (χ0v) is 22.7. The molecule has 1 aliphatic rings. The largest absolute Gasteiger partial charge is 0.391 e. The van der Waals surface area contributed by atoms with Crippen molar-refractivity contribution >= 4 is 45.7 Å². The Bertz CT molecular complexity index is 971. The molecule has 2 aromatic rings. The Hall–Kier alpha value is -1.56. The van der Waals surface area contributed by atoms with Gasteiger partial charge in [0.15, 0.2) is 0 Å². The number of hydrogen-bond donors (Lipinski definition) is 3. The third-order valence-corrected chi connectivity index (χ3v) is 7.14. The monoisotopic (exact) mass is 584 g/mol. The summed E-state index contributed by atoms with van der Waals surface area (Å²) in [6.45, 7) is 10.5. The fourth-order valence-corrected chi connectivity index (χ4v) is 5.22. The maximum absolute atomic E-state index is 13.4. The van der Waals surface area contributed by atoms with Crippen LogP contribution in [0, 0.1) is 12.3 Å². The predicted molar refractivity (Wildman–Crippen MR) is 140 cm³/mol. The fourth-order valence-electron chi connectivity index (χ4n) is 4.05. The van der Waals surface area contributed by atoms with Gasteiger partial charge in [-0.1, -0.05) is 67.6 Å². The van der Waals surface area contributed by atoms with Crippen LogP contribution in [0.15, 0.2) is 29.8 Å². The number of aliphatic hydroxyl groups excluding tert-OH is 1. The van der Waals surface area contributed by atoms with Crippen molar-refractivity contribution in [1.29, 1.82) is 0 Å². The second-order valence-corrected chi connectivity index (χ2v) is 12.4. The number of carbonyl (C=O) groups excluding carboxylic acids is 2. The van der Waals surface area contributed by atoms with E-state index in [9.17, 15) is 14.7 Å². The van der Waals surface area contributed by atoms with Crippen LogP contribution in [0.25, 0.3) is 10.4 Å². The van der Waals surface area contributed by atoms with Gasteiger partial charge < -0.3 is 15.3 Å². The number of nitrogens with zero attached hydrogens (tertiary/aromatic N) is 2. The number of likely N-dealkylation sites (tertiary alicyclic amines) is 1. The van der Waals surface area contributed by atoms with E-state index in [0.717, 1.165) is 21.7 Å². The molecule has 33 heavy (non-hydrogen) atoms. The minimum Gasteiger partial charge on any atom is -0.391 e. The number of aryl methyl sites for hydroxylation is 1. The minimum atomic E-state index is -0.704. The van der Waals surface area contributed by atoms with Gasteiger partial charge in [0.05, 0.1) is 32.3 Å². The smallest absolute Gasteiger partial charge is 0.243 e. The Morgan fingerprint density at radius 1 is 1.30 bits per heavy atom. The first-order chi connectivity index (χ1) is 15.5. The van der Waals surface area contributed by atoms with Gasteiger partial charge in [-0.25, -0.2) is 4.98 Å². The Labute approximate surface area is 213 Å². The molecule has 2 heterocycles. The molecule has 0 bridgehead atoms. The number of aliphatic hydroxyl groups is 1. The van der Waals surface area contributed by atoms with Crippen LogP contribution in [0.1, 0.15) is 45.4 Å². The first-order valence-corrected chi connectivity index (χ1v) is 13.3. The van der Waals surface area contributed by atoms with E-state index in [2.05, 4.69) is 38.2 Å². The first-order valence-electron chi connectivity index (χ1n) is 11.1. The molecule has 0 aliphatic carbocycles. The van der Waals surface area contributed by atoms with Gasteiger partial charge in [-0.3, -0.25) is 14.9 Å². The highest BCUT2D eigenvalue weighted by Crippen LogP contribution is 2.28. The second kappa shape index (κ2) is 10.8. The van der Waals surface area contributed by atoms with Gasteiger partial charge in [-0.05, 0) is 30.4 Å². The molecule has 1 aliphatic heterocycles. The highest BCUT2D eigenvalue weighted by molar-refractivity contribution is 14.1. The molecule has 0 saturated carbocycles. The number of β-amino-alcohol motifs (C(OH)–C–C–N with tert-alkyl or cyclic N) is 1. The third kappa shape index (κ3) is 6.52. The molecule has 180 valence electrons. The van der Waals surface area contributed by atoms with E-state index >= 15 is 0 Å². The van der Waals surface area contributed by atoms with Gasteiger partial charge in [0.1, 0.15) is 6.04 Å². The van der Waals surface area contributed by atoms with E-state index in [1.54, 1.807) is 11.3 Å². The molecule has 2 amide bonds. The molecule has 7 nitrogen and oxygen atoms in total. The van der Waals surface area contributed by atoms with Gasteiger partial charge >= 0.3 is 0 Å². The van der Waals surface area contributed by atoms with Crippen molar-refractivity contribution in [3.8, 4) is 10.4 Å². The number of alkyl halides is 1. The van der Waals surface area contributed by atoms with Crippen LogP contribution in [0.3, 0.4) is 0 Å². The summed E-state index contributed by atoms with van der Waals surface area (Å²) >= 11 is 3.84. The van der Waals surface area contributed by atoms with Gasteiger partial charge in [0, 0.05) is 19.5 Å². The van der Waals surface area contributed by atoms with Gasteiger partial charge in [-0.15, -0.1) is 11.3 Å². The number of hydrogen-bond acceptors (Lipinski definition) is 6. The van der Waals surface area contributed by atoms with E-state index in [1.807, 2.05) is 64.4 Å². The number of nitrogens with one attached hydrogen (secondary N) is 2. The second-order valence-electron chi connectivity index (χ2n) is 9.66. The van der Waals surface area contributed by atoms with Crippen molar-refractivity contribution < 1.29 is 14.7 Å². The molecular formula is C24H33IN4O3S. The Balaban J connectivity index is 1.66. The molecule has 3 rings (SSSR count). The van der Waals surface area contributed by atoms with E-state index in [-0.39, 0.29) is 34.2 Å². The quantitative estimate of drug-likeness (QED) is 0.263. The van der Waals surface area contributed by atoms with Crippen LogP contribution in [-0.2, 0) is 16.1 Å². The molecule has 9 heteroatoms. The summed E-state index contributed by atoms with van der Waals surface area (Å²) in [6, 6.07) is 6.91. The van der Waals surface area contributed by atoms with Gasteiger partial charge in [0.2, 0.25) is 11.8 Å². The zero-order valence-electron chi connectivity index (χ0n) is 19.8. The maximum atomic E-state index is 13.4. The van der Waals surface area contributed by atoms with Crippen molar-refractivity contribution in [1.82, 2.24) is 20.5 Å². The van der Waals surface area contributed by atoms with Crippen LogP contribution < -0.4 is 10.6 Å². The highest BCUT2D eigenvalue weighted by atomic mass is 127. The normalized spacial score (nSPS) is 20.5. The molecule has 0 spiro atoms. The molecule has 0 radical (unpaired) electrons. The maximum Gasteiger partial charge on any atom is 0.243 e. The van der Waals surface area contributed by atoms with E-state index < -0.39 is 18.2 Å². The third-order valence-electron chi connectivity index (χ3n) is 5.80. The predicted octanol–water partition coefficient (Wildman–Crippen LogP) is 3.48. The highest BCUT2D eigenvalue weighted by Gasteiger charge is 2.44. The molecule has 3 N–H and O–H groups in total. The molecule has 4 atom stereocenters. The standard InChI is InChI=1S/C24H33IN4O3S/c1-14-20(33-13-27-14)17-8-6-16(7-9-17)11-26-22(31)19-10-18(30)12-29(19)23(32)21(24(3,4)5)28-15(2)25/h6-9,13,15,18-19,21,28,30H,10-12H2,1-5H3,(H,26,31)/t15?,18-,19+,21?/m1/s1. The summed E-state index contributed by atoms with van der Waals surface area (Å²) in [5.74, 6) is -0.385. The number of aromatic nitrogens is 1. The van der Waals surface area contributed by atoms with Crippen molar-refractivity contribution in [2.24, 2.45) is 5.41 Å². The van der Waals surface area contributed by atoms with E-state index in [0.29, 0.717) is 6.54 Å². The molecule has 1 aromatic carbocycles. The fraction of sp³-hybridized carbons (Fsp3) is 0.542. The summed E-state index contributed by atoms with van der Waals surface area (Å²) in [4.78, 5) is 33.4. The lowest BCUT2D eigenvalue weighted by atomic mass is 9.85. The summed E-state index contributed by atoms with van der Waals surface area (Å²) < 4.78 is 0.0901. The first kappa shape index (κ1) is 26.1. The van der Waals surface area contributed by atoms with Crippen molar-refractivity contribution in [2.45, 2.75) is 69.8 Å². The number of rotatable bonds is 7. The number of benzene rings is 1. The minimum absolute atomic E-state index is 0.0901. The number of carbonyl (C=O) groups is 2. The van der Waals surface area contributed by atoms with Crippen molar-refractivity contribution in [2.75, 3.05) is 6.54 Å². The zero-order chi connectivity index (χ0) is 24.3. The summed E-state index contributed by atoms with van der Waals surface area (Å²) in [7, 11) is 0. The van der Waals surface area contributed by atoms with Crippen molar-refractivity contribution in [3.05, 3.63) is 41.0 Å². The summed E-state index contributed by atoms with van der Waals surface area (Å²) in [6.07, 6.45) is -0.457. The topological polar surface area (TPSA) is 94.6 Å². The molecule has 1 saturated heterocycles. The van der Waals surface area contributed by atoms with Gasteiger partial charge in [-0.2, -0.15) is 0 Å². The molecule has 2 unspecified atom stereocenters. The number of halogens is 1. The number of thiazole rings is 1. The SMILES string of the molecule is Cc1ncsc1-c1ccc(CNC(=O)[C@@H]2C[C@@H](O)CN2C(=O)C(NC(C)I)C(C)(C)C)cc1.